The number of halogens is 1. The number of nitrogens with zero attached hydrogens (tertiary/aromatic N) is 2. The maximum absolute atomic E-state index is 12.4. The molecule has 0 radical (unpaired) electrons. The van der Waals surface area contributed by atoms with Crippen LogP contribution in [0.4, 0.5) is 16.3 Å². The van der Waals surface area contributed by atoms with Crippen LogP contribution in [0.25, 0.3) is 10.9 Å². The number of para-hydroxylation sites is 1. The minimum atomic E-state index is -0.491. The van der Waals surface area contributed by atoms with E-state index in [1.807, 2.05) is 6.07 Å². The van der Waals surface area contributed by atoms with Crippen LogP contribution in [0, 0.1) is 0 Å². The third kappa shape index (κ3) is 4.01. The van der Waals surface area contributed by atoms with Crippen molar-refractivity contribution in [1.29, 1.82) is 0 Å². The highest BCUT2D eigenvalue weighted by molar-refractivity contribution is 6.30. The summed E-state index contributed by atoms with van der Waals surface area (Å²) < 4.78 is 6.43. The Hall–Kier alpha value is -2.90. The van der Waals surface area contributed by atoms with Gasteiger partial charge in [-0.25, -0.2) is 9.59 Å². The maximum Gasteiger partial charge on any atom is 0.349 e. The Morgan fingerprint density at radius 2 is 2.00 bits per heavy atom. The number of benzene rings is 2. The van der Waals surface area contributed by atoms with E-state index in [-0.39, 0.29) is 6.54 Å². The number of hydrogen-bond donors (Lipinski definition) is 2. The fourth-order valence-electron chi connectivity index (χ4n) is 2.54. The van der Waals surface area contributed by atoms with Gasteiger partial charge in [-0.3, -0.25) is 9.88 Å². The normalized spacial score (nSPS) is 10.7. The van der Waals surface area contributed by atoms with Gasteiger partial charge >= 0.3 is 11.7 Å². The summed E-state index contributed by atoms with van der Waals surface area (Å²) in [6, 6.07) is 13.4. The summed E-state index contributed by atoms with van der Waals surface area (Å²) in [4.78, 5) is 28.8. The number of methoxy groups -OCH3 is 1. The topological polar surface area (TPSA) is 85.2 Å². The molecule has 0 unspecified atom stereocenters. The lowest BCUT2D eigenvalue weighted by Gasteiger charge is -2.16. The molecule has 134 valence electrons. The van der Waals surface area contributed by atoms with E-state index in [4.69, 9.17) is 16.3 Å². The van der Waals surface area contributed by atoms with Gasteiger partial charge in [-0.2, -0.15) is 4.98 Å². The van der Waals surface area contributed by atoms with Crippen molar-refractivity contribution in [1.82, 2.24) is 9.55 Å². The second kappa shape index (κ2) is 7.99. The largest absolute Gasteiger partial charge is 0.383 e. The zero-order valence-electron chi connectivity index (χ0n) is 14.0. The highest BCUT2D eigenvalue weighted by atomic mass is 35.5. The van der Waals surface area contributed by atoms with Crippen molar-refractivity contribution in [3.63, 3.8) is 0 Å². The Balaban J connectivity index is 1.96. The molecular formula is C18H17ClN4O3. The second-order valence-electron chi connectivity index (χ2n) is 5.49. The number of fused-ring (bicyclic) bond motifs is 1. The van der Waals surface area contributed by atoms with Crippen molar-refractivity contribution < 1.29 is 9.53 Å². The fourth-order valence-corrected chi connectivity index (χ4v) is 2.73. The van der Waals surface area contributed by atoms with Crippen molar-refractivity contribution in [2.45, 2.75) is 6.54 Å². The minimum absolute atomic E-state index is 0.264. The van der Waals surface area contributed by atoms with Gasteiger partial charge in [0.05, 0.1) is 18.7 Å². The van der Waals surface area contributed by atoms with Crippen LogP contribution in [0.2, 0.25) is 5.02 Å². The van der Waals surface area contributed by atoms with Crippen LogP contribution < -0.4 is 16.3 Å². The summed E-state index contributed by atoms with van der Waals surface area (Å²) in [5.41, 5.74) is 0.585. The lowest BCUT2D eigenvalue weighted by atomic mass is 10.2. The molecule has 0 aliphatic heterocycles. The van der Waals surface area contributed by atoms with Crippen LogP contribution in [-0.2, 0) is 11.3 Å². The summed E-state index contributed by atoms with van der Waals surface area (Å²) in [6.07, 6.45) is 0. The van der Waals surface area contributed by atoms with Gasteiger partial charge in [0, 0.05) is 23.2 Å². The molecule has 26 heavy (non-hydrogen) atoms. The molecule has 0 spiro atoms. The standard InChI is InChI=1S/C18H17ClN4O3/c1-26-10-9-23-16(14-7-2-3-8-15(14)21-18(23)25)22-17(24)20-13-6-4-5-12(19)11-13/h2-8,11H,9-10H2,1H3,(H2,20,22,24). The Morgan fingerprint density at radius 1 is 1.19 bits per heavy atom. The van der Waals surface area contributed by atoms with Crippen LogP contribution in [0.15, 0.2) is 53.3 Å². The number of ether oxygens (including phenoxy) is 1. The van der Waals surface area contributed by atoms with Crippen molar-refractivity contribution in [2.75, 3.05) is 24.4 Å². The molecule has 7 nitrogen and oxygen atoms in total. The summed E-state index contributed by atoms with van der Waals surface area (Å²) >= 11 is 5.93. The molecule has 1 aromatic heterocycles. The number of rotatable bonds is 5. The summed E-state index contributed by atoms with van der Waals surface area (Å²) in [7, 11) is 1.54. The van der Waals surface area contributed by atoms with E-state index >= 15 is 0 Å². The average Bonchev–Trinajstić information content (AvgIpc) is 2.61. The molecule has 8 heteroatoms. The molecule has 0 saturated carbocycles. The van der Waals surface area contributed by atoms with Gasteiger partial charge in [-0.05, 0) is 30.3 Å². The van der Waals surface area contributed by atoms with Gasteiger partial charge in [0.25, 0.3) is 0 Å². The molecule has 0 fully saturated rings. The SMILES string of the molecule is COCCn1c(NC(=O)Nc2cccc(Cl)c2)c2ccccc2nc1=O. The molecule has 3 aromatic rings. The molecule has 0 saturated heterocycles. The first-order valence-corrected chi connectivity index (χ1v) is 8.28. The number of carbonyl (C=O) groups is 1. The number of carbonyl (C=O) groups excluding carboxylic acids is 1. The van der Waals surface area contributed by atoms with Gasteiger partial charge in [-0.15, -0.1) is 0 Å². The first-order chi connectivity index (χ1) is 12.6. The van der Waals surface area contributed by atoms with Crippen molar-refractivity contribution in [3.8, 4) is 0 Å². The van der Waals surface area contributed by atoms with Crippen LogP contribution >= 0.6 is 11.6 Å². The van der Waals surface area contributed by atoms with Crippen LogP contribution in [-0.4, -0.2) is 29.3 Å². The van der Waals surface area contributed by atoms with Crippen molar-refractivity contribution in [2.24, 2.45) is 0 Å². The Morgan fingerprint density at radius 3 is 2.77 bits per heavy atom. The highest BCUT2D eigenvalue weighted by Gasteiger charge is 2.14. The zero-order valence-corrected chi connectivity index (χ0v) is 14.8. The molecule has 0 atom stereocenters. The molecular weight excluding hydrogens is 356 g/mol. The van der Waals surface area contributed by atoms with Crippen molar-refractivity contribution in [3.05, 3.63) is 64.0 Å². The van der Waals surface area contributed by atoms with Gasteiger partial charge in [-0.1, -0.05) is 29.8 Å². The molecule has 0 aliphatic rings. The van der Waals surface area contributed by atoms with Crippen LogP contribution in [0.3, 0.4) is 0 Å². The summed E-state index contributed by atoms with van der Waals surface area (Å²) in [6.45, 7) is 0.574. The predicted octanol–water partition coefficient (Wildman–Crippen LogP) is 3.34. The average molecular weight is 373 g/mol. The van der Waals surface area contributed by atoms with E-state index in [1.54, 1.807) is 49.6 Å². The number of amides is 2. The number of hydrogen-bond acceptors (Lipinski definition) is 4. The molecule has 2 N–H and O–H groups in total. The Bertz CT molecular complexity index is 1000. The minimum Gasteiger partial charge on any atom is -0.383 e. The number of anilines is 2. The van der Waals surface area contributed by atoms with Gasteiger partial charge in [0.2, 0.25) is 0 Å². The quantitative estimate of drug-likeness (QED) is 0.719. The Kier molecular flexibility index (Phi) is 5.50. The number of urea groups is 1. The van der Waals surface area contributed by atoms with Crippen LogP contribution in [0.5, 0.6) is 0 Å². The monoisotopic (exact) mass is 372 g/mol. The van der Waals surface area contributed by atoms with E-state index in [0.717, 1.165) is 0 Å². The van der Waals surface area contributed by atoms with Crippen molar-refractivity contribution >= 4 is 40.0 Å². The highest BCUT2D eigenvalue weighted by Crippen LogP contribution is 2.21. The molecule has 1 heterocycles. The fraction of sp³-hybridized carbons (Fsp3) is 0.167. The Labute approximate surface area is 154 Å². The second-order valence-corrected chi connectivity index (χ2v) is 5.93. The van der Waals surface area contributed by atoms with E-state index in [1.165, 1.54) is 4.57 Å². The van der Waals surface area contributed by atoms with E-state index in [0.29, 0.717) is 34.0 Å². The lowest BCUT2D eigenvalue weighted by Crippen LogP contribution is -2.30. The smallest absolute Gasteiger partial charge is 0.349 e. The van der Waals surface area contributed by atoms with Gasteiger partial charge < -0.3 is 10.1 Å². The van der Waals surface area contributed by atoms with E-state index < -0.39 is 11.7 Å². The molecule has 0 bridgehead atoms. The lowest BCUT2D eigenvalue weighted by molar-refractivity contribution is 0.186. The predicted molar refractivity (Wildman–Crippen MR) is 102 cm³/mol. The summed E-state index contributed by atoms with van der Waals surface area (Å²) in [5, 5.41) is 6.61. The molecule has 2 amide bonds. The van der Waals surface area contributed by atoms with Gasteiger partial charge in [0.1, 0.15) is 5.82 Å². The third-order valence-corrected chi connectivity index (χ3v) is 3.94. The molecule has 2 aromatic carbocycles. The van der Waals surface area contributed by atoms with Gasteiger partial charge in [0.15, 0.2) is 0 Å². The number of nitrogens with one attached hydrogen (secondary N) is 2. The van der Waals surface area contributed by atoms with E-state index in [2.05, 4.69) is 15.6 Å². The molecule has 3 rings (SSSR count). The molecule has 0 aliphatic carbocycles. The first kappa shape index (κ1) is 17.9. The summed E-state index contributed by atoms with van der Waals surface area (Å²) in [5.74, 6) is 0.358. The first-order valence-electron chi connectivity index (χ1n) is 7.90. The maximum atomic E-state index is 12.4. The number of aromatic nitrogens is 2. The zero-order chi connectivity index (χ0) is 18.5. The third-order valence-electron chi connectivity index (χ3n) is 3.71. The van der Waals surface area contributed by atoms with Crippen LogP contribution in [0.1, 0.15) is 0 Å². The van der Waals surface area contributed by atoms with E-state index in [9.17, 15) is 9.59 Å².